The standard InChI is InChI=1S/2C7H10N/c2*1-2-8-6-4-3-5-7-8/h2*3-7H,2H2,1H3/q2*+1. The van der Waals surface area contributed by atoms with Crippen LogP contribution in [-0.2, 0) is 13.1 Å². The first-order valence-corrected chi connectivity index (χ1v) is 5.75. The van der Waals surface area contributed by atoms with E-state index in [1.54, 1.807) is 0 Å². The third kappa shape index (κ3) is 4.69. The van der Waals surface area contributed by atoms with Crippen molar-refractivity contribution in [1.82, 2.24) is 0 Å². The second kappa shape index (κ2) is 7.57. The maximum atomic E-state index is 2.12. The molecule has 0 N–H and O–H groups in total. The van der Waals surface area contributed by atoms with E-state index in [-0.39, 0.29) is 0 Å². The van der Waals surface area contributed by atoms with Gasteiger partial charge in [0.25, 0.3) is 0 Å². The number of aryl methyl sites for hydroxylation is 2. The van der Waals surface area contributed by atoms with Crippen molar-refractivity contribution in [2.45, 2.75) is 26.9 Å². The molecule has 84 valence electrons. The molecule has 0 unspecified atom stereocenters. The Labute approximate surface area is 97.8 Å². The Morgan fingerprint density at radius 3 is 1.06 bits per heavy atom. The van der Waals surface area contributed by atoms with Crippen LogP contribution < -0.4 is 9.13 Å². The van der Waals surface area contributed by atoms with Crippen LogP contribution in [0.25, 0.3) is 0 Å². The monoisotopic (exact) mass is 216 g/mol. The highest BCUT2D eigenvalue weighted by molar-refractivity contribution is 4.83. The van der Waals surface area contributed by atoms with Crippen LogP contribution in [0, 0.1) is 0 Å². The van der Waals surface area contributed by atoms with Crippen molar-refractivity contribution >= 4 is 0 Å². The van der Waals surface area contributed by atoms with Crippen molar-refractivity contribution in [1.29, 1.82) is 0 Å². The number of pyridine rings is 2. The molecule has 16 heavy (non-hydrogen) atoms. The SMILES string of the molecule is CC[n+]1ccccc1.CC[n+]1ccccc1. The first-order valence-electron chi connectivity index (χ1n) is 5.75. The lowest BCUT2D eigenvalue weighted by Crippen LogP contribution is -2.30. The van der Waals surface area contributed by atoms with Gasteiger partial charge < -0.3 is 0 Å². The summed E-state index contributed by atoms with van der Waals surface area (Å²) in [6.45, 7) is 6.36. The Kier molecular flexibility index (Phi) is 5.86. The van der Waals surface area contributed by atoms with Crippen molar-refractivity contribution in [3.63, 3.8) is 0 Å². The number of nitrogens with zero attached hydrogens (tertiary/aromatic N) is 2. The molecule has 2 aromatic rings. The second-order valence-corrected chi connectivity index (χ2v) is 3.41. The van der Waals surface area contributed by atoms with Crippen LogP contribution in [0.5, 0.6) is 0 Å². The molecule has 0 amide bonds. The largest absolute Gasteiger partial charge is 0.205 e. The van der Waals surface area contributed by atoms with Crippen molar-refractivity contribution in [3.05, 3.63) is 61.2 Å². The molecule has 2 aromatic heterocycles. The summed E-state index contributed by atoms with van der Waals surface area (Å²) in [6.07, 6.45) is 8.22. The zero-order valence-electron chi connectivity index (χ0n) is 10.1. The van der Waals surface area contributed by atoms with Gasteiger partial charge in [-0.2, -0.15) is 0 Å². The fourth-order valence-corrected chi connectivity index (χ4v) is 1.29. The highest BCUT2D eigenvalue weighted by atomic mass is 14.9. The minimum atomic E-state index is 1.06. The molecule has 0 bridgehead atoms. The van der Waals surface area contributed by atoms with Gasteiger partial charge in [0, 0.05) is 24.3 Å². The van der Waals surface area contributed by atoms with Crippen molar-refractivity contribution in [2.75, 3.05) is 0 Å². The van der Waals surface area contributed by atoms with E-state index in [0.29, 0.717) is 0 Å². The maximum Gasteiger partial charge on any atom is 0.168 e. The lowest BCUT2D eigenvalue weighted by molar-refractivity contribution is -0.693. The number of hydrogen-bond donors (Lipinski definition) is 0. The average molecular weight is 216 g/mol. The summed E-state index contributed by atoms with van der Waals surface area (Å²) in [4.78, 5) is 0. The predicted molar refractivity (Wildman–Crippen MR) is 64.6 cm³/mol. The Morgan fingerprint density at radius 1 is 0.562 bits per heavy atom. The van der Waals surface area contributed by atoms with E-state index >= 15 is 0 Å². The molecule has 2 nitrogen and oxygen atoms in total. The van der Waals surface area contributed by atoms with Gasteiger partial charge in [-0.1, -0.05) is 12.1 Å². The molecule has 2 heteroatoms. The molecule has 0 fully saturated rings. The van der Waals surface area contributed by atoms with E-state index in [2.05, 4.69) is 47.8 Å². The van der Waals surface area contributed by atoms with Gasteiger partial charge >= 0.3 is 0 Å². The molecule has 0 aliphatic rings. The molecule has 0 saturated heterocycles. The maximum absolute atomic E-state index is 2.12. The number of rotatable bonds is 2. The molecule has 0 spiro atoms. The first kappa shape index (κ1) is 12.4. The summed E-state index contributed by atoms with van der Waals surface area (Å²) in [5.74, 6) is 0. The van der Waals surface area contributed by atoms with E-state index < -0.39 is 0 Å². The Hall–Kier alpha value is -1.70. The predicted octanol–water partition coefficient (Wildman–Crippen LogP) is 1.99. The van der Waals surface area contributed by atoms with E-state index in [4.69, 9.17) is 0 Å². The highest BCUT2D eigenvalue weighted by Crippen LogP contribution is 1.75. The quantitative estimate of drug-likeness (QED) is 0.678. The van der Waals surface area contributed by atoms with E-state index in [9.17, 15) is 0 Å². The topological polar surface area (TPSA) is 7.76 Å². The zero-order chi connectivity index (χ0) is 11.6. The minimum Gasteiger partial charge on any atom is -0.205 e. The van der Waals surface area contributed by atoms with Crippen LogP contribution in [-0.4, -0.2) is 0 Å². The average Bonchev–Trinajstić information content (AvgIpc) is 2.41. The van der Waals surface area contributed by atoms with Crippen LogP contribution >= 0.6 is 0 Å². The van der Waals surface area contributed by atoms with Gasteiger partial charge in [-0.3, -0.25) is 0 Å². The molecule has 0 saturated carbocycles. The lowest BCUT2D eigenvalue weighted by atomic mass is 10.5. The van der Waals surface area contributed by atoms with Crippen LogP contribution in [0.15, 0.2) is 61.2 Å². The molecule has 0 aliphatic carbocycles. The summed E-state index contributed by atoms with van der Waals surface area (Å²) in [5.41, 5.74) is 0. The third-order valence-electron chi connectivity index (χ3n) is 2.28. The Bertz CT molecular complexity index is 331. The van der Waals surface area contributed by atoms with Gasteiger partial charge in [0.15, 0.2) is 24.8 Å². The third-order valence-corrected chi connectivity index (χ3v) is 2.28. The summed E-state index contributed by atoms with van der Waals surface area (Å²) < 4.78 is 4.25. The fraction of sp³-hybridized carbons (Fsp3) is 0.286. The highest BCUT2D eigenvalue weighted by Gasteiger charge is 1.87. The van der Waals surface area contributed by atoms with Crippen molar-refractivity contribution in [3.8, 4) is 0 Å². The van der Waals surface area contributed by atoms with Crippen molar-refractivity contribution < 1.29 is 9.13 Å². The van der Waals surface area contributed by atoms with Crippen LogP contribution in [0.4, 0.5) is 0 Å². The van der Waals surface area contributed by atoms with Gasteiger partial charge in [-0.05, 0) is 13.8 Å². The van der Waals surface area contributed by atoms with Gasteiger partial charge in [0.2, 0.25) is 0 Å². The van der Waals surface area contributed by atoms with Gasteiger partial charge in [0.1, 0.15) is 13.1 Å². The minimum absolute atomic E-state index is 1.06. The smallest absolute Gasteiger partial charge is 0.168 e. The van der Waals surface area contributed by atoms with Crippen LogP contribution in [0.2, 0.25) is 0 Å². The molecule has 0 aliphatic heterocycles. The van der Waals surface area contributed by atoms with Crippen molar-refractivity contribution in [2.24, 2.45) is 0 Å². The van der Waals surface area contributed by atoms with E-state index in [1.807, 2.05) is 36.4 Å². The van der Waals surface area contributed by atoms with E-state index in [0.717, 1.165) is 13.1 Å². The molecule has 0 aromatic carbocycles. The molecule has 2 heterocycles. The van der Waals surface area contributed by atoms with Gasteiger partial charge in [-0.15, -0.1) is 0 Å². The normalized spacial score (nSPS) is 9.12. The second-order valence-electron chi connectivity index (χ2n) is 3.41. The summed E-state index contributed by atoms with van der Waals surface area (Å²) >= 11 is 0. The Balaban J connectivity index is 0.000000160. The molecule has 2 rings (SSSR count). The summed E-state index contributed by atoms with van der Waals surface area (Å²) in [6, 6.07) is 12.2. The Morgan fingerprint density at radius 2 is 0.875 bits per heavy atom. The molecule has 0 atom stereocenters. The summed E-state index contributed by atoms with van der Waals surface area (Å²) in [5, 5.41) is 0. The molecular formula is C14H20N2+2. The van der Waals surface area contributed by atoms with Crippen LogP contribution in [0.1, 0.15) is 13.8 Å². The summed E-state index contributed by atoms with van der Waals surface area (Å²) in [7, 11) is 0. The molecular weight excluding hydrogens is 196 g/mol. The molecule has 0 radical (unpaired) electrons. The zero-order valence-corrected chi connectivity index (χ0v) is 10.1. The lowest BCUT2D eigenvalue weighted by Gasteiger charge is -1.84. The number of aromatic nitrogens is 2. The van der Waals surface area contributed by atoms with Gasteiger partial charge in [-0.25, -0.2) is 9.13 Å². The first-order chi connectivity index (χ1) is 7.86. The number of hydrogen-bond acceptors (Lipinski definition) is 0. The van der Waals surface area contributed by atoms with Gasteiger partial charge in [0.05, 0.1) is 0 Å². The fourth-order valence-electron chi connectivity index (χ4n) is 1.29. The van der Waals surface area contributed by atoms with E-state index in [1.165, 1.54) is 0 Å². The van der Waals surface area contributed by atoms with Crippen LogP contribution in [0.3, 0.4) is 0 Å².